The standard InChI is InChI=1S/C11H18N2O/c1-3-13(4-2)11-6-5-10(7-8-14)9-12-11/h5-6,9,14H,3-4,7-8H2,1-2H3. The minimum atomic E-state index is 0.187. The maximum Gasteiger partial charge on any atom is 0.128 e. The SMILES string of the molecule is CCN(CC)c1ccc(CCO)cn1. The van der Waals surface area contributed by atoms with E-state index >= 15 is 0 Å². The van der Waals surface area contributed by atoms with Gasteiger partial charge in [0.2, 0.25) is 0 Å². The Kier molecular flexibility index (Phi) is 4.40. The summed E-state index contributed by atoms with van der Waals surface area (Å²) in [4.78, 5) is 6.55. The second-order valence-electron chi connectivity index (χ2n) is 3.17. The van der Waals surface area contributed by atoms with Gasteiger partial charge in [-0.15, -0.1) is 0 Å². The second kappa shape index (κ2) is 5.60. The molecule has 0 atom stereocenters. The Hall–Kier alpha value is -1.09. The predicted molar refractivity (Wildman–Crippen MR) is 58.6 cm³/mol. The van der Waals surface area contributed by atoms with Gasteiger partial charge in [-0.3, -0.25) is 0 Å². The Morgan fingerprint density at radius 3 is 2.43 bits per heavy atom. The number of hydrogen-bond donors (Lipinski definition) is 1. The number of nitrogens with zero attached hydrogens (tertiary/aromatic N) is 2. The van der Waals surface area contributed by atoms with E-state index < -0.39 is 0 Å². The van der Waals surface area contributed by atoms with Crippen molar-refractivity contribution >= 4 is 5.82 Å². The predicted octanol–water partition coefficient (Wildman–Crippen LogP) is 1.46. The average molecular weight is 194 g/mol. The lowest BCUT2D eigenvalue weighted by molar-refractivity contribution is 0.299. The molecule has 0 aliphatic rings. The molecular weight excluding hydrogens is 176 g/mol. The fourth-order valence-electron chi connectivity index (χ4n) is 1.43. The summed E-state index contributed by atoms with van der Waals surface area (Å²) < 4.78 is 0. The third-order valence-electron chi connectivity index (χ3n) is 2.30. The summed E-state index contributed by atoms with van der Waals surface area (Å²) in [6, 6.07) is 4.04. The maximum atomic E-state index is 8.75. The van der Waals surface area contributed by atoms with Crippen LogP contribution in [0.3, 0.4) is 0 Å². The van der Waals surface area contributed by atoms with Crippen LogP contribution in [-0.4, -0.2) is 29.8 Å². The molecule has 1 heterocycles. The summed E-state index contributed by atoms with van der Waals surface area (Å²) in [6.45, 7) is 6.37. The van der Waals surface area contributed by atoms with E-state index in [1.807, 2.05) is 18.3 Å². The van der Waals surface area contributed by atoms with Gasteiger partial charge in [0.05, 0.1) is 0 Å². The second-order valence-corrected chi connectivity index (χ2v) is 3.17. The highest BCUT2D eigenvalue weighted by molar-refractivity contribution is 5.38. The smallest absolute Gasteiger partial charge is 0.128 e. The molecule has 0 unspecified atom stereocenters. The van der Waals surface area contributed by atoms with Crippen molar-refractivity contribution in [3.8, 4) is 0 Å². The number of aliphatic hydroxyl groups excluding tert-OH is 1. The van der Waals surface area contributed by atoms with Crippen molar-refractivity contribution in [3.05, 3.63) is 23.9 Å². The van der Waals surface area contributed by atoms with Gasteiger partial charge in [-0.1, -0.05) is 6.07 Å². The first-order chi connectivity index (χ1) is 6.81. The van der Waals surface area contributed by atoms with Crippen molar-refractivity contribution < 1.29 is 5.11 Å². The molecule has 0 bridgehead atoms. The van der Waals surface area contributed by atoms with E-state index in [-0.39, 0.29) is 6.61 Å². The Bertz CT molecular complexity index is 254. The summed E-state index contributed by atoms with van der Waals surface area (Å²) in [5.41, 5.74) is 1.09. The lowest BCUT2D eigenvalue weighted by Gasteiger charge is -2.19. The van der Waals surface area contributed by atoms with Gasteiger partial charge in [-0.25, -0.2) is 4.98 Å². The molecule has 3 nitrogen and oxygen atoms in total. The Morgan fingerprint density at radius 1 is 1.29 bits per heavy atom. The van der Waals surface area contributed by atoms with Crippen LogP contribution in [0.25, 0.3) is 0 Å². The van der Waals surface area contributed by atoms with E-state index in [1.165, 1.54) is 0 Å². The summed E-state index contributed by atoms with van der Waals surface area (Å²) in [5.74, 6) is 1.01. The lowest BCUT2D eigenvalue weighted by atomic mass is 10.2. The molecule has 1 rings (SSSR count). The monoisotopic (exact) mass is 194 g/mol. The minimum Gasteiger partial charge on any atom is -0.396 e. The quantitative estimate of drug-likeness (QED) is 0.771. The molecule has 0 aliphatic heterocycles. The van der Waals surface area contributed by atoms with Crippen LogP contribution in [0.15, 0.2) is 18.3 Å². The summed E-state index contributed by atoms with van der Waals surface area (Å²) in [5, 5.41) is 8.75. The molecule has 0 amide bonds. The zero-order chi connectivity index (χ0) is 10.4. The van der Waals surface area contributed by atoms with Crippen LogP contribution in [0.5, 0.6) is 0 Å². The number of anilines is 1. The van der Waals surface area contributed by atoms with Crippen LogP contribution < -0.4 is 4.90 Å². The van der Waals surface area contributed by atoms with Crippen molar-refractivity contribution in [1.82, 2.24) is 4.98 Å². The van der Waals surface area contributed by atoms with Gasteiger partial charge in [0.1, 0.15) is 5.82 Å². The molecule has 78 valence electrons. The molecule has 0 radical (unpaired) electrons. The van der Waals surface area contributed by atoms with Crippen molar-refractivity contribution in [1.29, 1.82) is 0 Å². The largest absolute Gasteiger partial charge is 0.396 e. The lowest BCUT2D eigenvalue weighted by Crippen LogP contribution is -2.22. The van der Waals surface area contributed by atoms with Crippen molar-refractivity contribution in [3.63, 3.8) is 0 Å². The molecule has 0 spiro atoms. The third kappa shape index (κ3) is 2.70. The van der Waals surface area contributed by atoms with E-state index in [0.717, 1.165) is 24.5 Å². The van der Waals surface area contributed by atoms with E-state index in [1.54, 1.807) is 0 Å². The minimum absolute atomic E-state index is 0.187. The first-order valence-corrected chi connectivity index (χ1v) is 5.12. The van der Waals surface area contributed by atoms with Crippen molar-refractivity contribution in [2.24, 2.45) is 0 Å². The summed E-state index contributed by atoms with van der Waals surface area (Å²) in [6.07, 6.45) is 2.52. The fourth-order valence-corrected chi connectivity index (χ4v) is 1.43. The molecule has 1 N–H and O–H groups in total. The first-order valence-electron chi connectivity index (χ1n) is 5.12. The molecule has 0 aromatic carbocycles. The molecule has 0 saturated heterocycles. The first kappa shape index (κ1) is 11.0. The fraction of sp³-hybridized carbons (Fsp3) is 0.545. The van der Waals surface area contributed by atoms with Crippen molar-refractivity contribution in [2.75, 3.05) is 24.6 Å². The number of rotatable bonds is 5. The average Bonchev–Trinajstić information content (AvgIpc) is 2.23. The van der Waals surface area contributed by atoms with Crippen LogP contribution in [-0.2, 0) is 6.42 Å². The van der Waals surface area contributed by atoms with Crippen LogP contribution in [0.4, 0.5) is 5.82 Å². The van der Waals surface area contributed by atoms with Gasteiger partial charge in [0.15, 0.2) is 0 Å². The number of pyridine rings is 1. The van der Waals surface area contributed by atoms with Gasteiger partial charge in [-0.05, 0) is 31.9 Å². The zero-order valence-electron chi connectivity index (χ0n) is 8.90. The molecule has 0 saturated carbocycles. The Balaban J connectivity index is 2.71. The molecule has 1 aromatic rings. The summed E-state index contributed by atoms with van der Waals surface area (Å²) >= 11 is 0. The third-order valence-corrected chi connectivity index (χ3v) is 2.30. The van der Waals surface area contributed by atoms with Crippen LogP contribution in [0, 0.1) is 0 Å². The number of aromatic nitrogens is 1. The van der Waals surface area contributed by atoms with E-state index in [2.05, 4.69) is 23.7 Å². The van der Waals surface area contributed by atoms with E-state index in [0.29, 0.717) is 6.42 Å². The van der Waals surface area contributed by atoms with Crippen molar-refractivity contribution in [2.45, 2.75) is 20.3 Å². The van der Waals surface area contributed by atoms with Gasteiger partial charge in [-0.2, -0.15) is 0 Å². The van der Waals surface area contributed by atoms with E-state index in [9.17, 15) is 0 Å². The summed E-state index contributed by atoms with van der Waals surface area (Å²) in [7, 11) is 0. The number of aliphatic hydroxyl groups is 1. The van der Waals surface area contributed by atoms with Gasteiger partial charge in [0.25, 0.3) is 0 Å². The normalized spacial score (nSPS) is 10.2. The molecule has 0 aliphatic carbocycles. The highest BCUT2D eigenvalue weighted by Crippen LogP contribution is 2.10. The van der Waals surface area contributed by atoms with Gasteiger partial charge < -0.3 is 10.0 Å². The molecule has 3 heteroatoms. The Morgan fingerprint density at radius 2 is 2.00 bits per heavy atom. The zero-order valence-corrected chi connectivity index (χ0v) is 8.90. The molecular formula is C11H18N2O. The van der Waals surface area contributed by atoms with Gasteiger partial charge >= 0.3 is 0 Å². The van der Waals surface area contributed by atoms with Crippen LogP contribution in [0.1, 0.15) is 19.4 Å². The molecule has 0 fully saturated rings. The highest BCUT2D eigenvalue weighted by Gasteiger charge is 2.02. The Labute approximate surface area is 85.4 Å². The van der Waals surface area contributed by atoms with E-state index in [4.69, 9.17) is 5.11 Å². The van der Waals surface area contributed by atoms with Crippen LogP contribution in [0.2, 0.25) is 0 Å². The highest BCUT2D eigenvalue weighted by atomic mass is 16.2. The maximum absolute atomic E-state index is 8.75. The topological polar surface area (TPSA) is 36.4 Å². The molecule has 1 aromatic heterocycles. The molecule has 14 heavy (non-hydrogen) atoms. The van der Waals surface area contributed by atoms with Crippen LogP contribution >= 0.6 is 0 Å². The van der Waals surface area contributed by atoms with Gasteiger partial charge in [0, 0.05) is 25.9 Å². The number of hydrogen-bond acceptors (Lipinski definition) is 3.